The summed E-state index contributed by atoms with van der Waals surface area (Å²) < 4.78 is 6.16. The van der Waals surface area contributed by atoms with Crippen LogP contribution in [-0.4, -0.2) is 7.05 Å². The van der Waals surface area contributed by atoms with Gasteiger partial charge < -0.3 is 9.73 Å². The van der Waals surface area contributed by atoms with E-state index in [9.17, 15) is 0 Å². The fourth-order valence-corrected chi connectivity index (χ4v) is 1.38. The molecule has 12 heavy (non-hydrogen) atoms. The van der Waals surface area contributed by atoms with Crippen LogP contribution in [0.25, 0.3) is 0 Å². The molecule has 0 spiro atoms. The lowest BCUT2D eigenvalue weighted by molar-refractivity contribution is 0.420. The van der Waals surface area contributed by atoms with Crippen LogP contribution in [0, 0.1) is 0 Å². The van der Waals surface area contributed by atoms with Crippen LogP contribution in [0.2, 0.25) is 0 Å². The van der Waals surface area contributed by atoms with Crippen LogP contribution in [0.15, 0.2) is 33.9 Å². The van der Waals surface area contributed by atoms with Gasteiger partial charge in [-0.3, -0.25) is 0 Å². The molecule has 0 aliphatic carbocycles. The molecule has 0 bridgehead atoms. The van der Waals surface area contributed by atoms with E-state index in [2.05, 4.69) is 27.8 Å². The van der Waals surface area contributed by atoms with Crippen molar-refractivity contribution >= 4 is 15.9 Å². The fourth-order valence-electron chi connectivity index (χ4n) is 1.06. The van der Waals surface area contributed by atoms with Crippen molar-refractivity contribution in [2.24, 2.45) is 0 Å². The SMILES string of the molecule is C=CCC(NC)c1ccc(Br)o1. The Kier molecular flexibility index (Phi) is 3.56. The second-order valence-corrected chi connectivity index (χ2v) is 3.29. The third-order valence-corrected chi connectivity index (χ3v) is 2.11. The van der Waals surface area contributed by atoms with Crippen molar-refractivity contribution in [3.05, 3.63) is 35.2 Å². The highest BCUT2D eigenvalue weighted by Crippen LogP contribution is 2.22. The molecule has 1 unspecified atom stereocenters. The molecule has 0 saturated carbocycles. The molecule has 66 valence electrons. The molecule has 2 nitrogen and oxygen atoms in total. The first kappa shape index (κ1) is 9.55. The van der Waals surface area contributed by atoms with Gasteiger partial charge in [-0.15, -0.1) is 6.58 Å². The second-order valence-electron chi connectivity index (χ2n) is 2.51. The highest BCUT2D eigenvalue weighted by atomic mass is 79.9. The maximum atomic E-state index is 5.40. The monoisotopic (exact) mass is 229 g/mol. The summed E-state index contributed by atoms with van der Waals surface area (Å²) in [5, 5.41) is 3.15. The first-order valence-electron chi connectivity index (χ1n) is 3.81. The van der Waals surface area contributed by atoms with E-state index in [-0.39, 0.29) is 6.04 Å². The predicted octanol–water partition coefficient (Wildman–Crippen LogP) is 2.88. The number of furan rings is 1. The minimum Gasteiger partial charge on any atom is -0.453 e. The molecule has 0 aliphatic heterocycles. The number of halogens is 1. The van der Waals surface area contributed by atoms with E-state index in [0.717, 1.165) is 16.9 Å². The summed E-state index contributed by atoms with van der Waals surface area (Å²) >= 11 is 3.26. The van der Waals surface area contributed by atoms with Gasteiger partial charge in [0.2, 0.25) is 0 Å². The zero-order chi connectivity index (χ0) is 8.97. The van der Waals surface area contributed by atoms with Gasteiger partial charge in [0, 0.05) is 0 Å². The normalized spacial score (nSPS) is 12.8. The maximum absolute atomic E-state index is 5.40. The third kappa shape index (κ3) is 2.22. The molecule has 0 amide bonds. The van der Waals surface area contributed by atoms with Crippen molar-refractivity contribution in [2.75, 3.05) is 7.05 Å². The number of hydrogen-bond acceptors (Lipinski definition) is 2. The Morgan fingerprint density at radius 2 is 2.50 bits per heavy atom. The molecule has 0 aliphatic rings. The van der Waals surface area contributed by atoms with Crippen LogP contribution in [0.1, 0.15) is 18.2 Å². The molecule has 0 aromatic carbocycles. The van der Waals surface area contributed by atoms with E-state index in [0.29, 0.717) is 0 Å². The molecule has 0 radical (unpaired) electrons. The van der Waals surface area contributed by atoms with Gasteiger partial charge >= 0.3 is 0 Å². The van der Waals surface area contributed by atoms with Gasteiger partial charge in [-0.25, -0.2) is 0 Å². The zero-order valence-electron chi connectivity index (χ0n) is 7.01. The van der Waals surface area contributed by atoms with Crippen molar-refractivity contribution in [1.82, 2.24) is 5.32 Å². The summed E-state index contributed by atoms with van der Waals surface area (Å²) in [7, 11) is 1.91. The average Bonchev–Trinajstić information content (AvgIpc) is 2.47. The van der Waals surface area contributed by atoms with Crippen molar-refractivity contribution in [3.8, 4) is 0 Å². The molecule has 3 heteroatoms. The summed E-state index contributed by atoms with van der Waals surface area (Å²) in [4.78, 5) is 0. The molecule has 0 fully saturated rings. The van der Waals surface area contributed by atoms with Crippen LogP contribution in [0.4, 0.5) is 0 Å². The predicted molar refractivity (Wildman–Crippen MR) is 53.0 cm³/mol. The quantitative estimate of drug-likeness (QED) is 0.804. The summed E-state index contributed by atoms with van der Waals surface area (Å²) in [5.74, 6) is 0.935. The summed E-state index contributed by atoms with van der Waals surface area (Å²) in [6.45, 7) is 3.69. The first-order chi connectivity index (χ1) is 5.77. The number of hydrogen-bond donors (Lipinski definition) is 1. The molecule has 1 aromatic heterocycles. The first-order valence-corrected chi connectivity index (χ1v) is 4.60. The van der Waals surface area contributed by atoms with Gasteiger partial charge in [-0.2, -0.15) is 0 Å². The number of rotatable bonds is 4. The molecular weight excluding hydrogens is 218 g/mol. The van der Waals surface area contributed by atoms with Gasteiger partial charge in [0.15, 0.2) is 4.67 Å². The minimum atomic E-state index is 0.230. The summed E-state index contributed by atoms with van der Waals surface area (Å²) in [6, 6.07) is 4.08. The smallest absolute Gasteiger partial charge is 0.169 e. The second kappa shape index (κ2) is 4.48. The van der Waals surface area contributed by atoms with Crippen LogP contribution in [-0.2, 0) is 0 Å². The fraction of sp³-hybridized carbons (Fsp3) is 0.333. The van der Waals surface area contributed by atoms with Crippen molar-refractivity contribution in [3.63, 3.8) is 0 Å². The Bertz CT molecular complexity index is 257. The average molecular weight is 230 g/mol. The van der Waals surface area contributed by atoms with E-state index in [4.69, 9.17) is 4.42 Å². The van der Waals surface area contributed by atoms with Gasteiger partial charge in [-0.05, 0) is 41.5 Å². The van der Waals surface area contributed by atoms with E-state index in [1.807, 2.05) is 25.3 Å². The summed E-state index contributed by atoms with van der Waals surface area (Å²) in [6.07, 6.45) is 2.74. The minimum absolute atomic E-state index is 0.230. The molecular formula is C9H12BrNO. The molecule has 0 saturated heterocycles. The van der Waals surface area contributed by atoms with Crippen LogP contribution < -0.4 is 5.32 Å². The Labute approximate surface area is 80.8 Å². The van der Waals surface area contributed by atoms with Crippen molar-refractivity contribution < 1.29 is 4.42 Å². The Morgan fingerprint density at radius 3 is 2.92 bits per heavy atom. The largest absolute Gasteiger partial charge is 0.453 e. The van der Waals surface area contributed by atoms with E-state index >= 15 is 0 Å². The van der Waals surface area contributed by atoms with Gasteiger partial charge in [0.05, 0.1) is 6.04 Å². The number of nitrogens with one attached hydrogen (secondary N) is 1. The lowest BCUT2D eigenvalue weighted by Gasteiger charge is -2.09. The maximum Gasteiger partial charge on any atom is 0.169 e. The van der Waals surface area contributed by atoms with E-state index < -0.39 is 0 Å². The molecule has 1 rings (SSSR count). The van der Waals surface area contributed by atoms with Gasteiger partial charge in [-0.1, -0.05) is 6.08 Å². The summed E-state index contributed by atoms with van der Waals surface area (Å²) in [5.41, 5.74) is 0. The van der Waals surface area contributed by atoms with Crippen molar-refractivity contribution in [1.29, 1.82) is 0 Å². The van der Waals surface area contributed by atoms with Gasteiger partial charge in [0.1, 0.15) is 5.76 Å². The molecule has 1 N–H and O–H groups in total. The van der Waals surface area contributed by atoms with Crippen molar-refractivity contribution in [2.45, 2.75) is 12.5 Å². The van der Waals surface area contributed by atoms with E-state index in [1.54, 1.807) is 0 Å². The molecule has 1 atom stereocenters. The lowest BCUT2D eigenvalue weighted by atomic mass is 10.1. The van der Waals surface area contributed by atoms with Crippen LogP contribution >= 0.6 is 15.9 Å². The Balaban J connectivity index is 2.72. The molecule has 1 heterocycles. The molecule has 1 aromatic rings. The standard InChI is InChI=1S/C9H12BrNO/c1-3-4-7(11-2)8-5-6-9(10)12-8/h3,5-7,11H,1,4H2,2H3. The highest BCUT2D eigenvalue weighted by Gasteiger charge is 2.10. The topological polar surface area (TPSA) is 25.2 Å². The zero-order valence-corrected chi connectivity index (χ0v) is 8.60. The van der Waals surface area contributed by atoms with Crippen LogP contribution in [0.5, 0.6) is 0 Å². The third-order valence-electron chi connectivity index (χ3n) is 1.69. The highest BCUT2D eigenvalue weighted by molar-refractivity contribution is 9.10. The van der Waals surface area contributed by atoms with E-state index in [1.165, 1.54) is 0 Å². The van der Waals surface area contributed by atoms with Gasteiger partial charge in [0.25, 0.3) is 0 Å². The Hall–Kier alpha value is -0.540. The Morgan fingerprint density at radius 1 is 1.75 bits per heavy atom. The van der Waals surface area contributed by atoms with Crippen LogP contribution in [0.3, 0.4) is 0 Å². The lowest BCUT2D eigenvalue weighted by Crippen LogP contribution is -2.14.